The van der Waals surface area contributed by atoms with E-state index in [-0.39, 0.29) is 17.5 Å². The summed E-state index contributed by atoms with van der Waals surface area (Å²) in [5.74, 6) is -0.276. The number of aromatic nitrogens is 2. The van der Waals surface area contributed by atoms with Crippen molar-refractivity contribution in [1.82, 2.24) is 9.55 Å². The third-order valence-electron chi connectivity index (χ3n) is 2.90. The molecule has 1 atom stereocenters. The lowest BCUT2D eigenvalue weighted by Crippen LogP contribution is -2.33. The van der Waals surface area contributed by atoms with E-state index >= 15 is 0 Å². The molecule has 2 heterocycles. The molecule has 2 N–H and O–H groups in total. The van der Waals surface area contributed by atoms with Crippen molar-refractivity contribution in [3.8, 4) is 5.88 Å². The van der Waals surface area contributed by atoms with E-state index in [9.17, 15) is 14.7 Å². The molecule has 0 saturated heterocycles. The van der Waals surface area contributed by atoms with Crippen molar-refractivity contribution in [2.45, 2.75) is 26.8 Å². The zero-order chi connectivity index (χ0) is 13.4. The van der Waals surface area contributed by atoms with Crippen LogP contribution in [-0.2, 0) is 0 Å². The molecule has 96 valence electrons. The fourth-order valence-electron chi connectivity index (χ4n) is 1.79. The van der Waals surface area contributed by atoms with Crippen LogP contribution < -0.4 is 11.2 Å². The fraction of sp³-hybridized carbons (Fsp3) is 0.333. The first-order valence-electron chi connectivity index (χ1n) is 5.52. The predicted molar refractivity (Wildman–Crippen MR) is 70.6 cm³/mol. The average Bonchev–Trinajstić information content (AvgIpc) is 2.73. The van der Waals surface area contributed by atoms with E-state index in [0.717, 1.165) is 9.75 Å². The van der Waals surface area contributed by atoms with Crippen molar-refractivity contribution in [1.29, 1.82) is 0 Å². The first-order chi connectivity index (χ1) is 8.41. The molecular weight excluding hydrogens is 252 g/mol. The highest BCUT2D eigenvalue weighted by atomic mass is 32.1. The number of aromatic hydroxyl groups is 1. The minimum atomic E-state index is -0.596. The number of H-pyrrole nitrogens is 1. The Kier molecular flexibility index (Phi) is 3.13. The topological polar surface area (TPSA) is 75.1 Å². The van der Waals surface area contributed by atoms with E-state index in [1.807, 2.05) is 26.0 Å². The van der Waals surface area contributed by atoms with Gasteiger partial charge >= 0.3 is 5.69 Å². The number of nitrogens with one attached hydrogen (secondary N) is 1. The van der Waals surface area contributed by atoms with Crippen molar-refractivity contribution in [2.75, 3.05) is 0 Å². The van der Waals surface area contributed by atoms with Crippen LogP contribution >= 0.6 is 11.3 Å². The van der Waals surface area contributed by atoms with Gasteiger partial charge in [0.25, 0.3) is 5.56 Å². The molecule has 2 aromatic rings. The number of thiophene rings is 1. The number of rotatable bonds is 2. The van der Waals surface area contributed by atoms with Gasteiger partial charge in [0.05, 0.1) is 11.6 Å². The number of nitrogens with zero attached hydrogens (tertiary/aromatic N) is 1. The maximum absolute atomic E-state index is 11.8. The Balaban J connectivity index is 2.62. The Labute approximate surface area is 107 Å². The third-order valence-corrected chi connectivity index (χ3v) is 4.07. The molecule has 0 aliphatic carbocycles. The van der Waals surface area contributed by atoms with E-state index in [2.05, 4.69) is 4.98 Å². The Morgan fingerprint density at radius 1 is 1.33 bits per heavy atom. The molecule has 6 heteroatoms. The monoisotopic (exact) mass is 266 g/mol. The first kappa shape index (κ1) is 12.6. The molecular formula is C12H14N2O3S. The summed E-state index contributed by atoms with van der Waals surface area (Å²) in [6.07, 6.45) is 0. The smallest absolute Gasteiger partial charge is 0.331 e. The van der Waals surface area contributed by atoms with Crippen LogP contribution in [0.1, 0.15) is 28.3 Å². The summed E-state index contributed by atoms with van der Waals surface area (Å²) in [5, 5.41) is 9.95. The molecule has 0 bridgehead atoms. The van der Waals surface area contributed by atoms with Gasteiger partial charge in [-0.15, -0.1) is 11.3 Å². The molecule has 1 unspecified atom stereocenters. The molecule has 0 amide bonds. The van der Waals surface area contributed by atoms with Crippen LogP contribution in [0.3, 0.4) is 0 Å². The van der Waals surface area contributed by atoms with Gasteiger partial charge in [0.2, 0.25) is 5.88 Å². The molecule has 0 aromatic carbocycles. The quantitative estimate of drug-likeness (QED) is 0.865. The van der Waals surface area contributed by atoms with E-state index in [0.29, 0.717) is 0 Å². The zero-order valence-electron chi connectivity index (χ0n) is 10.4. The summed E-state index contributed by atoms with van der Waals surface area (Å²) in [4.78, 5) is 27.4. The van der Waals surface area contributed by atoms with Crippen molar-refractivity contribution in [3.05, 3.63) is 48.3 Å². The molecule has 0 spiro atoms. The molecule has 0 fully saturated rings. The number of hydrogen-bond acceptors (Lipinski definition) is 4. The lowest BCUT2D eigenvalue weighted by Gasteiger charge is -2.15. The predicted octanol–water partition coefficient (Wildman–Crippen LogP) is 1.53. The molecule has 5 nitrogen and oxygen atoms in total. The van der Waals surface area contributed by atoms with E-state index in [1.54, 1.807) is 11.3 Å². The second kappa shape index (κ2) is 4.45. The zero-order valence-corrected chi connectivity index (χ0v) is 11.2. The summed E-state index contributed by atoms with van der Waals surface area (Å²) < 4.78 is 1.20. The Morgan fingerprint density at radius 3 is 2.56 bits per heavy atom. The van der Waals surface area contributed by atoms with Crippen LogP contribution in [0, 0.1) is 13.8 Å². The lowest BCUT2D eigenvalue weighted by molar-refractivity contribution is 0.386. The SMILES string of the molecule is Cc1ccc(C(C)n2c(O)c(C)c(=O)[nH]c2=O)s1. The second-order valence-electron chi connectivity index (χ2n) is 4.20. The molecule has 2 rings (SSSR count). The standard InChI is InChI=1S/C12H14N2O3S/c1-6-4-5-9(18-6)8(3)14-11(16)7(2)10(15)13-12(14)17/h4-5,8,16H,1-3H3,(H,13,15,17). The van der Waals surface area contributed by atoms with Gasteiger partial charge in [-0.2, -0.15) is 0 Å². The summed E-state index contributed by atoms with van der Waals surface area (Å²) >= 11 is 1.56. The van der Waals surface area contributed by atoms with Gasteiger partial charge in [-0.1, -0.05) is 0 Å². The van der Waals surface area contributed by atoms with E-state index in [4.69, 9.17) is 0 Å². The van der Waals surface area contributed by atoms with Gasteiger partial charge < -0.3 is 5.11 Å². The third kappa shape index (κ3) is 1.99. The van der Waals surface area contributed by atoms with Crippen LogP contribution in [-0.4, -0.2) is 14.7 Å². The van der Waals surface area contributed by atoms with E-state index < -0.39 is 11.2 Å². The minimum absolute atomic E-state index is 0.148. The van der Waals surface area contributed by atoms with Crippen LogP contribution in [0.15, 0.2) is 21.7 Å². The van der Waals surface area contributed by atoms with Gasteiger partial charge in [0.1, 0.15) is 0 Å². The average molecular weight is 266 g/mol. The van der Waals surface area contributed by atoms with Gasteiger partial charge in [-0.3, -0.25) is 14.3 Å². The summed E-state index contributed by atoms with van der Waals surface area (Å²) in [5.41, 5.74) is -1.00. The summed E-state index contributed by atoms with van der Waals surface area (Å²) in [6, 6.07) is 3.56. The highest BCUT2D eigenvalue weighted by molar-refractivity contribution is 7.12. The second-order valence-corrected chi connectivity index (χ2v) is 5.52. The number of hydrogen-bond donors (Lipinski definition) is 2. The minimum Gasteiger partial charge on any atom is -0.494 e. The lowest BCUT2D eigenvalue weighted by atomic mass is 10.2. The van der Waals surface area contributed by atoms with Gasteiger partial charge in [0.15, 0.2) is 0 Å². The van der Waals surface area contributed by atoms with Gasteiger partial charge in [0, 0.05) is 9.75 Å². The fourth-order valence-corrected chi connectivity index (χ4v) is 2.71. The van der Waals surface area contributed by atoms with Crippen molar-refractivity contribution in [2.24, 2.45) is 0 Å². The van der Waals surface area contributed by atoms with Crippen molar-refractivity contribution < 1.29 is 5.11 Å². The molecule has 0 saturated carbocycles. The van der Waals surface area contributed by atoms with E-state index in [1.165, 1.54) is 11.5 Å². The highest BCUT2D eigenvalue weighted by Gasteiger charge is 2.18. The summed E-state index contributed by atoms with van der Waals surface area (Å²) in [7, 11) is 0. The van der Waals surface area contributed by atoms with Crippen molar-refractivity contribution >= 4 is 11.3 Å². The molecule has 0 aliphatic heterocycles. The number of aromatic amines is 1. The van der Waals surface area contributed by atoms with Crippen LogP contribution in [0.5, 0.6) is 5.88 Å². The Bertz CT molecular complexity index is 696. The normalized spacial score (nSPS) is 12.6. The molecule has 0 radical (unpaired) electrons. The Morgan fingerprint density at radius 2 is 2.00 bits per heavy atom. The summed E-state index contributed by atoms with van der Waals surface area (Å²) in [6.45, 7) is 5.27. The largest absolute Gasteiger partial charge is 0.494 e. The highest BCUT2D eigenvalue weighted by Crippen LogP contribution is 2.27. The number of aryl methyl sites for hydroxylation is 1. The van der Waals surface area contributed by atoms with Gasteiger partial charge in [-0.25, -0.2) is 4.79 Å². The first-order valence-corrected chi connectivity index (χ1v) is 6.34. The maximum atomic E-state index is 11.8. The van der Waals surface area contributed by atoms with Crippen LogP contribution in [0.25, 0.3) is 0 Å². The van der Waals surface area contributed by atoms with Crippen molar-refractivity contribution in [3.63, 3.8) is 0 Å². The van der Waals surface area contributed by atoms with Crippen LogP contribution in [0.4, 0.5) is 0 Å². The van der Waals surface area contributed by atoms with Gasteiger partial charge in [-0.05, 0) is 32.9 Å². The molecule has 0 aliphatic rings. The maximum Gasteiger partial charge on any atom is 0.331 e. The molecule has 18 heavy (non-hydrogen) atoms. The molecule has 2 aromatic heterocycles. The van der Waals surface area contributed by atoms with Crippen LogP contribution in [0.2, 0.25) is 0 Å². The Hall–Kier alpha value is -1.82.